The highest BCUT2D eigenvalue weighted by Gasteiger charge is 2.36. The van der Waals surface area contributed by atoms with Crippen LogP contribution in [-0.4, -0.2) is 56.8 Å². The molecular weight excluding hydrogens is 342 g/mol. The van der Waals surface area contributed by atoms with Gasteiger partial charge in [0.15, 0.2) is 0 Å². The first-order chi connectivity index (χ1) is 11.9. The molecule has 8 heteroatoms. The van der Waals surface area contributed by atoms with Crippen LogP contribution in [0, 0.1) is 0 Å². The summed E-state index contributed by atoms with van der Waals surface area (Å²) >= 11 is 0. The zero-order valence-corrected chi connectivity index (χ0v) is 15.0. The fraction of sp³-hybridized carbons (Fsp3) is 0.588. The van der Waals surface area contributed by atoms with Gasteiger partial charge in [-0.1, -0.05) is 0 Å². The summed E-state index contributed by atoms with van der Waals surface area (Å²) in [7, 11) is -3.52. The SMILES string of the molecule is NC1CCN(CCOc2ccc(C(=O)NS(=O)(=O)C3CC3)cc2)CC1. The van der Waals surface area contributed by atoms with Crippen molar-refractivity contribution >= 4 is 15.9 Å². The Morgan fingerprint density at radius 3 is 2.40 bits per heavy atom. The fourth-order valence-corrected chi connectivity index (χ4v) is 4.12. The lowest BCUT2D eigenvalue weighted by Crippen LogP contribution is -2.41. The molecule has 1 aromatic rings. The van der Waals surface area contributed by atoms with Gasteiger partial charge in [0.2, 0.25) is 10.0 Å². The lowest BCUT2D eigenvalue weighted by Gasteiger charge is -2.29. The summed E-state index contributed by atoms with van der Waals surface area (Å²) in [5, 5.41) is -0.414. The minimum Gasteiger partial charge on any atom is -0.492 e. The second kappa shape index (κ2) is 7.72. The van der Waals surface area contributed by atoms with Gasteiger partial charge < -0.3 is 10.5 Å². The average molecular weight is 367 g/mol. The third kappa shape index (κ3) is 5.17. The summed E-state index contributed by atoms with van der Waals surface area (Å²) in [6.45, 7) is 3.41. The van der Waals surface area contributed by atoms with E-state index in [1.54, 1.807) is 24.3 Å². The Balaban J connectivity index is 1.44. The van der Waals surface area contributed by atoms with Crippen LogP contribution in [0.3, 0.4) is 0 Å². The minimum absolute atomic E-state index is 0.307. The van der Waals surface area contributed by atoms with E-state index in [9.17, 15) is 13.2 Å². The highest BCUT2D eigenvalue weighted by Crippen LogP contribution is 2.27. The van der Waals surface area contributed by atoms with E-state index in [1.807, 2.05) is 0 Å². The topological polar surface area (TPSA) is 102 Å². The van der Waals surface area contributed by atoms with E-state index in [4.69, 9.17) is 10.5 Å². The van der Waals surface area contributed by atoms with Gasteiger partial charge in [-0.05, 0) is 63.0 Å². The third-order valence-corrected chi connectivity index (χ3v) is 6.44. The highest BCUT2D eigenvalue weighted by molar-refractivity contribution is 7.91. The van der Waals surface area contributed by atoms with Crippen LogP contribution in [0.4, 0.5) is 0 Å². The molecule has 0 unspecified atom stereocenters. The van der Waals surface area contributed by atoms with Gasteiger partial charge in [-0.2, -0.15) is 0 Å². The summed E-state index contributed by atoms with van der Waals surface area (Å²) in [4.78, 5) is 14.3. The van der Waals surface area contributed by atoms with Crippen LogP contribution in [0.2, 0.25) is 0 Å². The summed E-state index contributed by atoms with van der Waals surface area (Å²) in [6, 6.07) is 6.84. The van der Waals surface area contributed by atoms with Crippen LogP contribution in [-0.2, 0) is 10.0 Å². The number of ether oxygens (including phenoxy) is 1. The largest absolute Gasteiger partial charge is 0.492 e. The molecular formula is C17H25N3O4S. The van der Waals surface area contributed by atoms with E-state index in [-0.39, 0.29) is 0 Å². The number of nitrogens with zero attached hydrogens (tertiary/aromatic N) is 1. The summed E-state index contributed by atoms with van der Waals surface area (Å²) < 4.78 is 31.4. The first-order valence-corrected chi connectivity index (χ1v) is 10.3. The standard InChI is InChI=1S/C17H25N3O4S/c18-14-7-9-20(10-8-14)11-12-24-15-3-1-13(2-4-15)17(21)19-25(22,23)16-5-6-16/h1-4,14,16H,5-12,18H2,(H,19,21). The minimum atomic E-state index is -3.52. The van der Waals surface area contributed by atoms with Crippen LogP contribution in [0.5, 0.6) is 5.75 Å². The smallest absolute Gasteiger partial charge is 0.264 e. The maximum Gasteiger partial charge on any atom is 0.264 e. The van der Waals surface area contributed by atoms with Gasteiger partial charge in [-0.15, -0.1) is 0 Å². The van der Waals surface area contributed by atoms with Gasteiger partial charge in [0, 0.05) is 18.2 Å². The second-order valence-electron chi connectivity index (χ2n) is 6.73. The molecule has 1 amide bonds. The zero-order valence-electron chi connectivity index (χ0n) is 14.2. The molecule has 0 spiro atoms. The number of likely N-dealkylation sites (tertiary alicyclic amines) is 1. The molecule has 0 aromatic heterocycles. The number of sulfonamides is 1. The predicted octanol–water partition coefficient (Wildman–Crippen LogP) is 0.710. The summed E-state index contributed by atoms with van der Waals surface area (Å²) in [6.07, 6.45) is 3.29. The Morgan fingerprint density at radius 1 is 1.16 bits per heavy atom. The van der Waals surface area contributed by atoms with Crippen molar-refractivity contribution in [3.8, 4) is 5.75 Å². The number of carbonyl (C=O) groups excluding carboxylic acids is 1. The van der Waals surface area contributed by atoms with Crippen LogP contribution in [0.15, 0.2) is 24.3 Å². The van der Waals surface area contributed by atoms with Crippen molar-refractivity contribution in [1.29, 1.82) is 0 Å². The van der Waals surface area contributed by atoms with Crippen LogP contribution < -0.4 is 15.2 Å². The maximum absolute atomic E-state index is 12.0. The highest BCUT2D eigenvalue weighted by atomic mass is 32.2. The molecule has 2 aliphatic rings. The van der Waals surface area contributed by atoms with Crippen LogP contribution in [0.25, 0.3) is 0 Å². The molecule has 7 nitrogen and oxygen atoms in total. The Hall–Kier alpha value is -1.64. The molecule has 25 heavy (non-hydrogen) atoms. The number of rotatable bonds is 7. The molecule has 1 heterocycles. The second-order valence-corrected chi connectivity index (χ2v) is 8.69. The summed E-state index contributed by atoms with van der Waals surface area (Å²) in [5.41, 5.74) is 6.19. The lowest BCUT2D eigenvalue weighted by atomic mass is 10.1. The van der Waals surface area contributed by atoms with Gasteiger partial charge in [0.1, 0.15) is 12.4 Å². The zero-order chi connectivity index (χ0) is 17.9. The van der Waals surface area contributed by atoms with Gasteiger partial charge >= 0.3 is 0 Å². The molecule has 3 rings (SSSR count). The molecule has 1 aliphatic heterocycles. The van der Waals surface area contributed by atoms with E-state index in [0.717, 1.165) is 32.5 Å². The van der Waals surface area contributed by atoms with E-state index in [0.29, 0.717) is 36.8 Å². The number of hydrogen-bond acceptors (Lipinski definition) is 6. The molecule has 3 N–H and O–H groups in total. The molecule has 138 valence electrons. The fourth-order valence-electron chi connectivity index (χ4n) is 2.82. The van der Waals surface area contributed by atoms with Gasteiger partial charge in [-0.25, -0.2) is 13.1 Å². The average Bonchev–Trinajstić information content (AvgIpc) is 3.42. The number of amides is 1. The van der Waals surface area contributed by atoms with Crippen molar-refractivity contribution in [1.82, 2.24) is 9.62 Å². The van der Waals surface area contributed by atoms with Crippen LogP contribution in [0.1, 0.15) is 36.0 Å². The molecule has 1 aromatic carbocycles. The van der Waals surface area contributed by atoms with Crippen LogP contribution >= 0.6 is 0 Å². The molecule has 2 fully saturated rings. The number of benzene rings is 1. The van der Waals surface area contributed by atoms with E-state index < -0.39 is 21.2 Å². The number of nitrogens with one attached hydrogen (secondary N) is 1. The maximum atomic E-state index is 12.0. The van der Waals surface area contributed by atoms with Crippen molar-refractivity contribution in [3.63, 3.8) is 0 Å². The van der Waals surface area contributed by atoms with E-state index >= 15 is 0 Å². The Labute approximate surface area is 148 Å². The number of piperidine rings is 1. The molecule has 1 aliphatic carbocycles. The molecule has 0 bridgehead atoms. The van der Waals surface area contributed by atoms with Crippen molar-refractivity contribution in [2.24, 2.45) is 5.73 Å². The van der Waals surface area contributed by atoms with Crippen molar-refractivity contribution < 1.29 is 17.9 Å². The normalized spacial score (nSPS) is 19.6. The Morgan fingerprint density at radius 2 is 1.80 bits per heavy atom. The number of hydrogen-bond donors (Lipinski definition) is 2. The Kier molecular flexibility index (Phi) is 5.61. The molecule has 0 radical (unpaired) electrons. The molecule has 1 saturated heterocycles. The van der Waals surface area contributed by atoms with Crippen molar-refractivity contribution in [2.45, 2.75) is 37.0 Å². The number of nitrogens with two attached hydrogens (primary N) is 1. The van der Waals surface area contributed by atoms with E-state index in [1.165, 1.54) is 0 Å². The monoisotopic (exact) mass is 367 g/mol. The summed E-state index contributed by atoms with van der Waals surface area (Å²) in [5.74, 6) is 0.0680. The lowest BCUT2D eigenvalue weighted by molar-refractivity contribution is 0.0981. The molecule has 0 atom stereocenters. The van der Waals surface area contributed by atoms with Crippen molar-refractivity contribution in [2.75, 3.05) is 26.2 Å². The van der Waals surface area contributed by atoms with Crippen molar-refractivity contribution in [3.05, 3.63) is 29.8 Å². The molecule has 1 saturated carbocycles. The predicted molar refractivity (Wildman–Crippen MR) is 95.0 cm³/mol. The van der Waals surface area contributed by atoms with Gasteiger partial charge in [0.25, 0.3) is 5.91 Å². The van der Waals surface area contributed by atoms with Gasteiger partial charge in [0.05, 0.1) is 5.25 Å². The number of carbonyl (C=O) groups is 1. The third-order valence-electron chi connectivity index (χ3n) is 4.62. The first-order valence-electron chi connectivity index (χ1n) is 8.71. The first kappa shape index (κ1) is 18.2. The van der Waals surface area contributed by atoms with Gasteiger partial charge in [-0.3, -0.25) is 9.69 Å². The van der Waals surface area contributed by atoms with E-state index in [2.05, 4.69) is 9.62 Å². The quantitative estimate of drug-likeness (QED) is 0.736. The Bertz CT molecular complexity index is 693.